The quantitative estimate of drug-likeness (QED) is 0.315. The normalized spacial score (nSPS) is 16.6. The van der Waals surface area contributed by atoms with Crippen LogP contribution in [0.25, 0.3) is 0 Å². The van der Waals surface area contributed by atoms with Crippen LogP contribution < -0.4 is 0 Å². The third-order valence-corrected chi connectivity index (χ3v) is 3.41. The van der Waals surface area contributed by atoms with Gasteiger partial charge in [0.1, 0.15) is 0 Å². The van der Waals surface area contributed by atoms with Crippen LogP contribution in [0.1, 0.15) is 6.92 Å². The molecule has 188 valence electrons. The number of hydrogen-bond acceptors (Lipinski definition) is 1. The van der Waals surface area contributed by atoms with E-state index < -0.39 is 60.3 Å². The molecule has 0 amide bonds. The van der Waals surface area contributed by atoms with Crippen LogP contribution in [0.3, 0.4) is 0 Å². The van der Waals surface area contributed by atoms with E-state index in [4.69, 9.17) is 0 Å². The maximum atomic E-state index is 13.2. The third-order valence-electron chi connectivity index (χ3n) is 3.41. The van der Waals surface area contributed by atoms with Gasteiger partial charge in [-0.15, -0.1) is 0 Å². The summed E-state index contributed by atoms with van der Waals surface area (Å²) in [6.45, 7) is -1.44. The Morgan fingerprint density at radius 2 is 0.613 bits per heavy atom. The van der Waals surface area contributed by atoms with Gasteiger partial charge in [-0.25, -0.2) is 0 Å². The number of alkyl halides is 19. The molecular weight excluding hydrogens is 509 g/mol. The lowest BCUT2D eigenvalue weighted by Gasteiger charge is -2.43. The number of halogens is 19. The summed E-state index contributed by atoms with van der Waals surface area (Å²) < 4.78 is 246. The molecule has 0 rings (SSSR count). The van der Waals surface area contributed by atoms with Crippen LogP contribution in [0, 0.1) is 0 Å². The van der Waals surface area contributed by atoms with Crippen molar-refractivity contribution in [2.45, 2.75) is 60.7 Å². The summed E-state index contributed by atoms with van der Waals surface area (Å²) in [7, 11) is 0. The van der Waals surface area contributed by atoms with Gasteiger partial charge < -0.3 is 4.74 Å². The Morgan fingerprint density at radius 3 is 0.839 bits per heavy atom. The molecule has 0 saturated carbocycles. The third kappa shape index (κ3) is 3.65. The van der Waals surface area contributed by atoms with E-state index in [0.29, 0.717) is 6.92 Å². The van der Waals surface area contributed by atoms with Crippen molar-refractivity contribution in [1.29, 1.82) is 0 Å². The van der Waals surface area contributed by atoms with E-state index in [1.807, 2.05) is 0 Å². The molecule has 0 spiro atoms. The monoisotopic (exact) mass is 514 g/mol. The fourth-order valence-corrected chi connectivity index (χ4v) is 1.62. The van der Waals surface area contributed by atoms with Crippen LogP contribution in [0.4, 0.5) is 83.4 Å². The van der Waals surface area contributed by atoms with Gasteiger partial charge in [0.2, 0.25) is 0 Å². The van der Waals surface area contributed by atoms with Crippen LogP contribution in [-0.2, 0) is 4.74 Å². The Labute approximate surface area is 157 Å². The zero-order chi connectivity index (χ0) is 25.9. The highest BCUT2D eigenvalue weighted by Gasteiger charge is 2.96. The molecule has 0 unspecified atom stereocenters. The molecule has 0 saturated heterocycles. The minimum absolute atomic E-state index is 0.308. The van der Waals surface area contributed by atoms with E-state index in [9.17, 15) is 83.4 Å². The van der Waals surface area contributed by atoms with E-state index in [2.05, 4.69) is 4.74 Å². The molecule has 0 aromatic heterocycles. The summed E-state index contributed by atoms with van der Waals surface area (Å²) in [6.07, 6.45) is -14.8. The molecule has 0 bridgehead atoms. The molecule has 0 atom stereocenters. The van der Waals surface area contributed by atoms with Crippen molar-refractivity contribution >= 4 is 0 Å². The lowest BCUT2D eigenvalue weighted by Crippen LogP contribution is -2.75. The average Bonchev–Trinajstić information content (AvgIpc) is 2.52. The Morgan fingerprint density at radius 1 is 0.387 bits per heavy atom. The van der Waals surface area contributed by atoms with Crippen LogP contribution in [0.2, 0.25) is 0 Å². The molecular formula is C11H5F19O. The number of rotatable bonds is 9. The summed E-state index contributed by atoms with van der Waals surface area (Å²) in [6, 6.07) is 0. The first-order valence-corrected chi connectivity index (χ1v) is 6.79. The summed E-state index contributed by atoms with van der Waals surface area (Å²) in [5.74, 6) is -60.0. The standard InChI is InChI=1S/C11H5F19O/c1-2-31-11(29,30)9(24,25)7(20,21)5(16,17)3(12,13)4(14,15)6(18,19)8(22,23)10(26,27)28/h2H2,1H3. The summed E-state index contributed by atoms with van der Waals surface area (Å²) in [4.78, 5) is 0. The fraction of sp³-hybridized carbons (Fsp3) is 1.00. The molecule has 0 aromatic rings. The van der Waals surface area contributed by atoms with Gasteiger partial charge in [-0.3, -0.25) is 0 Å². The molecule has 0 heterocycles. The molecule has 0 aliphatic rings. The van der Waals surface area contributed by atoms with Gasteiger partial charge in [0.15, 0.2) is 0 Å². The smallest absolute Gasteiger partial charge is 0.316 e. The summed E-state index contributed by atoms with van der Waals surface area (Å²) >= 11 is 0. The second kappa shape index (κ2) is 7.32. The van der Waals surface area contributed by atoms with Crippen molar-refractivity contribution in [2.24, 2.45) is 0 Å². The highest BCUT2D eigenvalue weighted by atomic mass is 19.4. The van der Waals surface area contributed by atoms with Gasteiger partial charge in [-0.2, -0.15) is 83.4 Å². The van der Waals surface area contributed by atoms with Crippen LogP contribution in [-0.4, -0.2) is 60.3 Å². The van der Waals surface area contributed by atoms with Gasteiger partial charge in [0.05, 0.1) is 6.61 Å². The molecule has 0 radical (unpaired) electrons. The van der Waals surface area contributed by atoms with E-state index in [-0.39, 0.29) is 0 Å². The lowest BCUT2D eigenvalue weighted by molar-refractivity contribution is -0.481. The minimum Gasteiger partial charge on any atom is -0.316 e. The largest absolute Gasteiger partial charge is 0.460 e. The van der Waals surface area contributed by atoms with E-state index in [1.165, 1.54) is 0 Å². The van der Waals surface area contributed by atoms with Crippen LogP contribution in [0.5, 0.6) is 0 Å². The van der Waals surface area contributed by atoms with Crippen molar-refractivity contribution in [1.82, 2.24) is 0 Å². The van der Waals surface area contributed by atoms with Gasteiger partial charge in [0, 0.05) is 0 Å². The van der Waals surface area contributed by atoms with Gasteiger partial charge in [-0.1, -0.05) is 0 Å². The molecule has 20 heteroatoms. The van der Waals surface area contributed by atoms with Gasteiger partial charge >= 0.3 is 53.7 Å². The molecule has 0 aliphatic heterocycles. The Kier molecular flexibility index (Phi) is 7.00. The minimum atomic E-state index is -8.91. The zero-order valence-corrected chi connectivity index (χ0v) is 13.8. The molecule has 0 aliphatic carbocycles. The summed E-state index contributed by atoms with van der Waals surface area (Å²) in [5, 5.41) is 0. The molecule has 0 aromatic carbocycles. The zero-order valence-electron chi connectivity index (χ0n) is 13.8. The molecule has 31 heavy (non-hydrogen) atoms. The van der Waals surface area contributed by atoms with Crippen molar-refractivity contribution in [3.05, 3.63) is 0 Å². The van der Waals surface area contributed by atoms with Crippen molar-refractivity contribution < 1.29 is 88.2 Å². The molecule has 1 nitrogen and oxygen atoms in total. The van der Waals surface area contributed by atoms with Gasteiger partial charge in [0.25, 0.3) is 0 Å². The predicted octanol–water partition coefficient (Wildman–Crippen LogP) is 6.63. The second-order valence-electron chi connectivity index (χ2n) is 5.47. The fourth-order valence-electron chi connectivity index (χ4n) is 1.62. The number of ether oxygens (including phenoxy) is 1. The van der Waals surface area contributed by atoms with Crippen molar-refractivity contribution in [2.75, 3.05) is 6.61 Å². The maximum Gasteiger partial charge on any atom is 0.460 e. The lowest BCUT2D eigenvalue weighted by atomic mass is 9.88. The second-order valence-corrected chi connectivity index (χ2v) is 5.47. The Hall–Kier alpha value is -1.37. The van der Waals surface area contributed by atoms with E-state index in [1.54, 1.807) is 0 Å². The van der Waals surface area contributed by atoms with E-state index >= 15 is 0 Å². The number of hydrogen-bond donors (Lipinski definition) is 0. The van der Waals surface area contributed by atoms with Crippen molar-refractivity contribution in [3.8, 4) is 0 Å². The SMILES string of the molecule is CCOC(F)(F)C(F)(F)C(F)(F)C(F)(F)C(F)(F)C(F)(F)C(F)(F)C(F)(F)C(F)(F)F. The Balaban J connectivity index is 6.84. The van der Waals surface area contributed by atoms with Crippen molar-refractivity contribution in [3.63, 3.8) is 0 Å². The highest BCUT2D eigenvalue weighted by molar-refractivity contribution is 5.16. The molecule has 0 N–H and O–H groups in total. The first-order chi connectivity index (χ1) is 13.1. The van der Waals surface area contributed by atoms with Crippen LogP contribution in [0.15, 0.2) is 0 Å². The first-order valence-electron chi connectivity index (χ1n) is 6.79. The predicted molar refractivity (Wildman–Crippen MR) is 57.3 cm³/mol. The van der Waals surface area contributed by atoms with Crippen LogP contribution >= 0.6 is 0 Å². The molecule has 0 fully saturated rings. The van der Waals surface area contributed by atoms with Gasteiger partial charge in [-0.05, 0) is 6.92 Å². The highest BCUT2D eigenvalue weighted by Crippen LogP contribution is 2.65. The van der Waals surface area contributed by atoms with E-state index in [0.717, 1.165) is 0 Å². The maximum absolute atomic E-state index is 13.2. The average molecular weight is 514 g/mol. The topological polar surface area (TPSA) is 9.23 Å². The first kappa shape index (κ1) is 29.6. The Bertz CT molecular complexity index is 644. The summed E-state index contributed by atoms with van der Waals surface area (Å²) in [5.41, 5.74) is 0.